The number of carbonyl (C=O) groups is 1. The topological polar surface area (TPSA) is 29.1 Å². The first-order valence-electron chi connectivity index (χ1n) is 4.72. The van der Waals surface area contributed by atoms with Crippen LogP contribution in [0.5, 0.6) is 0 Å². The van der Waals surface area contributed by atoms with Crippen molar-refractivity contribution < 1.29 is 4.79 Å². The molecule has 80 valence electrons. The molecule has 0 aliphatic carbocycles. The number of aryl methyl sites for hydroxylation is 1. The minimum absolute atomic E-state index is 0.161. The maximum Gasteiger partial charge on any atom is 0.243 e. The van der Waals surface area contributed by atoms with E-state index in [2.05, 4.69) is 11.9 Å². The van der Waals surface area contributed by atoms with Crippen molar-refractivity contribution in [1.82, 2.24) is 5.32 Å². The summed E-state index contributed by atoms with van der Waals surface area (Å²) in [6, 6.07) is 6.00. The molecule has 1 amide bonds. The Kier molecular flexibility index (Phi) is 4.37. The van der Waals surface area contributed by atoms with Crippen LogP contribution in [0.3, 0.4) is 0 Å². The number of alkyl halides is 1. The summed E-state index contributed by atoms with van der Waals surface area (Å²) in [6.07, 6.45) is 1.26. The maximum atomic E-state index is 11.0. The third kappa shape index (κ3) is 3.40. The Balaban J connectivity index is 2.74. The second kappa shape index (κ2) is 5.56. The number of benzene rings is 1. The third-order valence-electron chi connectivity index (χ3n) is 2.21. The van der Waals surface area contributed by atoms with Gasteiger partial charge in [0.15, 0.2) is 0 Å². The van der Waals surface area contributed by atoms with Crippen molar-refractivity contribution in [3.8, 4) is 0 Å². The SMILES string of the molecule is C=CC(=O)NCc1cc(CCl)ccc1C. The molecule has 0 aliphatic rings. The largest absolute Gasteiger partial charge is 0.348 e. The lowest BCUT2D eigenvalue weighted by Gasteiger charge is -2.08. The molecule has 15 heavy (non-hydrogen) atoms. The summed E-state index contributed by atoms with van der Waals surface area (Å²) >= 11 is 5.74. The minimum atomic E-state index is -0.161. The van der Waals surface area contributed by atoms with Gasteiger partial charge in [0.25, 0.3) is 0 Å². The number of carbonyl (C=O) groups excluding carboxylic acids is 1. The van der Waals surface area contributed by atoms with Gasteiger partial charge in [0.05, 0.1) is 0 Å². The van der Waals surface area contributed by atoms with Crippen LogP contribution in [-0.4, -0.2) is 5.91 Å². The quantitative estimate of drug-likeness (QED) is 0.617. The fourth-order valence-corrected chi connectivity index (χ4v) is 1.42. The van der Waals surface area contributed by atoms with Gasteiger partial charge in [-0.2, -0.15) is 0 Å². The Labute approximate surface area is 94.9 Å². The van der Waals surface area contributed by atoms with Crippen LogP contribution in [0.1, 0.15) is 16.7 Å². The van der Waals surface area contributed by atoms with Crippen molar-refractivity contribution in [1.29, 1.82) is 0 Å². The van der Waals surface area contributed by atoms with Crippen LogP contribution in [0.15, 0.2) is 30.9 Å². The summed E-state index contributed by atoms with van der Waals surface area (Å²) in [5.74, 6) is 0.327. The fraction of sp³-hybridized carbons (Fsp3) is 0.250. The Morgan fingerprint density at radius 2 is 2.33 bits per heavy atom. The molecule has 0 saturated carbocycles. The van der Waals surface area contributed by atoms with Crippen molar-refractivity contribution in [3.63, 3.8) is 0 Å². The van der Waals surface area contributed by atoms with E-state index in [1.54, 1.807) is 0 Å². The lowest BCUT2D eigenvalue weighted by Crippen LogP contribution is -2.20. The molecule has 1 aromatic carbocycles. The molecule has 0 radical (unpaired) electrons. The maximum absolute atomic E-state index is 11.0. The van der Waals surface area contributed by atoms with E-state index in [1.165, 1.54) is 6.08 Å². The van der Waals surface area contributed by atoms with E-state index in [1.807, 2.05) is 25.1 Å². The molecule has 1 rings (SSSR count). The predicted octanol–water partition coefficient (Wildman–Crippen LogP) is 2.54. The Bertz CT molecular complexity index is 374. The highest BCUT2D eigenvalue weighted by Crippen LogP contribution is 2.12. The van der Waals surface area contributed by atoms with Gasteiger partial charge >= 0.3 is 0 Å². The number of nitrogens with one attached hydrogen (secondary N) is 1. The van der Waals surface area contributed by atoms with Crippen LogP contribution < -0.4 is 5.32 Å². The van der Waals surface area contributed by atoms with Crippen molar-refractivity contribution in [2.75, 3.05) is 0 Å². The molecule has 1 N–H and O–H groups in total. The van der Waals surface area contributed by atoms with Gasteiger partial charge < -0.3 is 5.32 Å². The molecule has 0 bridgehead atoms. The van der Waals surface area contributed by atoms with Gasteiger partial charge in [0.1, 0.15) is 0 Å². The van der Waals surface area contributed by atoms with Gasteiger partial charge in [0.2, 0.25) is 5.91 Å². The minimum Gasteiger partial charge on any atom is -0.348 e. The standard InChI is InChI=1S/C12H14ClNO/c1-3-12(15)14-8-11-6-10(7-13)5-4-9(11)2/h3-6H,1,7-8H2,2H3,(H,14,15). The molecule has 0 fully saturated rings. The first kappa shape index (κ1) is 11.8. The number of halogens is 1. The van der Waals surface area contributed by atoms with E-state index < -0.39 is 0 Å². The zero-order chi connectivity index (χ0) is 11.3. The lowest BCUT2D eigenvalue weighted by molar-refractivity contribution is -0.116. The molecule has 0 atom stereocenters. The highest BCUT2D eigenvalue weighted by atomic mass is 35.5. The molecule has 0 spiro atoms. The average molecular weight is 224 g/mol. The van der Waals surface area contributed by atoms with Crippen molar-refractivity contribution in [2.45, 2.75) is 19.3 Å². The van der Waals surface area contributed by atoms with Gasteiger partial charge in [-0.1, -0.05) is 24.8 Å². The molecular weight excluding hydrogens is 210 g/mol. The fourth-order valence-electron chi connectivity index (χ4n) is 1.25. The van der Waals surface area contributed by atoms with Crippen molar-refractivity contribution in [2.24, 2.45) is 0 Å². The Morgan fingerprint density at radius 3 is 2.93 bits per heavy atom. The van der Waals surface area contributed by atoms with Crippen LogP contribution in [0.25, 0.3) is 0 Å². The number of rotatable bonds is 4. The normalized spacial score (nSPS) is 9.73. The third-order valence-corrected chi connectivity index (χ3v) is 2.51. The molecule has 0 aliphatic heterocycles. The summed E-state index contributed by atoms with van der Waals surface area (Å²) in [7, 11) is 0. The van der Waals surface area contributed by atoms with Gasteiger partial charge in [-0.05, 0) is 29.7 Å². The number of hydrogen-bond acceptors (Lipinski definition) is 1. The van der Waals surface area contributed by atoms with Crippen LogP contribution in [0.2, 0.25) is 0 Å². The van der Waals surface area contributed by atoms with Crippen LogP contribution in [0, 0.1) is 6.92 Å². The summed E-state index contributed by atoms with van der Waals surface area (Å²) in [5.41, 5.74) is 3.29. The summed E-state index contributed by atoms with van der Waals surface area (Å²) in [5, 5.41) is 2.74. The second-order valence-electron chi connectivity index (χ2n) is 3.32. The summed E-state index contributed by atoms with van der Waals surface area (Å²) in [6.45, 7) is 5.92. The van der Waals surface area contributed by atoms with E-state index in [0.717, 1.165) is 16.7 Å². The molecule has 2 nitrogen and oxygen atoms in total. The number of hydrogen-bond donors (Lipinski definition) is 1. The average Bonchev–Trinajstić information content (AvgIpc) is 2.27. The molecule has 0 heterocycles. The molecule has 0 aromatic heterocycles. The van der Waals surface area contributed by atoms with E-state index in [9.17, 15) is 4.79 Å². The van der Waals surface area contributed by atoms with Crippen LogP contribution in [0.4, 0.5) is 0 Å². The van der Waals surface area contributed by atoms with E-state index in [4.69, 9.17) is 11.6 Å². The Hall–Kier alpha value is -1.28. The lowest BCUT2D eigenvalue weighted by atomic mass is 10.1. The van der Waals surface area contributed by atoms with Crippen LogP contribution in [-0.2, 0) is 17.2 Å². The van der Waals surface area contributed by atoms with Gasteiger partial charge in [-0.15, -0.1) is 11.6 Å². The monoisotopic (exact) mass is 223 g/mol. The highest BCUT2D eigenvalue weighted by Gasteiger charge is 2.01. The molecule has 0 unspecified atom stereocenters. The number of amides is 1. The van der Waals surface area contributed by atoms with Crippen molar-refractivity contribution in [3.05, 3.63) is 47.5 Å². The molecule has 0 saturated heterocycles. The molecule has 1 aromatic rings. The van der Waals surface area contributed by atoms with Gasteiger partial charge in [-0.3, -0.25) is 4.79 Å². The first-order valence-corrected chi connectivity index (χ1v) is 5.25. The predicted molar refractivity (Wildman–Crippen MR) is 62.8 cm³/mol. The van der Waals surface area contributed by atoms with Crippen LogP contribution >= 0.6 is 11.6 Å². The Morgan fingerprint density at radius 1 is 1.60 bits per heavy atom. The van der Waals surface area contributed by atoms with E-state index in [0.29, 0.717) is 12.4 Å². The smallest absolute Gasteiger partial charge is 0.243 e. The summed E-state index contributed by atoms with van der Waals surface area (Å²) in [4.78, 5) is 11.0. The summed E-state index contributed by atoms with van der Waals surface area (Å²) < 4.78 is 0. The van der Waals surface area contributed by atoms with Crippen molar-refractivity contribution >= 4 is 17.5 Å². The second-order valence-corrected chi connectivity index (χ2v) is 3.58. The highest BCUT2D eigenvalue weighted by molar-refractivity contribution is 6.17. The molecule has 3 heteroatoms. The van der Waals surface area contributed by atoms with E-state index >= 15 is 0 Å². The van der Waals surface area contributed by atoms with Gasteiger partial charge in [-0.25, -0.2) is 0 Å². The first-order chi connectivity index (χ1) is 7.17. The molecular formula is C12H14ClNO. The zero-order valence-electron chi connectivity index (χ0n) is 8.72. The van der Waals surface area contributed by atoms with E-state index in [-0.39, 0.29) is 5.91 Å². The zero-order valence-corrected chi connectivity index (χ0v) is 9.47. The van der Waals surface area contributed by atoms with Gasteiger partial charge in [0, 0.05) is 12.4 Å².